The quantitative estimate of drug-likeness (QED) is 0.899. The number of amides is 1. The maximum Gasteiger partial charge on any atom is 0.239 e. The molecule has 0 aromatic carbocycles. The molecule has 2 heterocycles. The molecule has 3 rings (SSSR count). The summed E-state index contributed by atoms with van der Waals surface area (Å²) in [5.41, 5.74) is 2.12. The van der Waals surface area contributed by atoms with E-state index >= 15 is 0 Å². The van der Waals surface area contributed by atoms with Crippen LogP contribution in [0.2, 0.25) is 0 Å². The van der Waals surface area contributed by atoms with Gasteiger partial charge in [0, 0.05) is 18.0 Å². The van der Waals surface area contributed by atoms with Crippen LogP contribution in [0.15, 0.2) is 0 Å². The molecular weight excluding hydrogens is 334 g/mol. The Kier molecular flexibility index (Phi) is 5.47. The number of rotatable bonds is 3. The number of nitriles is 1. The van der Waals surface area contributed by atoms with Gasteiger partial charge in [0.1, 0.15) is 11.1 Å². The highest BCUT2D eigenvalue weighted by molar-refractivity contribution is 7.16. The molecule has 5 nitrogen and oxygen atoms in total. The Morgan fingerprint density at radius 2 is 2.12 bits per heavy atom. The predicted molar refractivity (Wildman–Crippen MR) is 99.9 cm³/mol. The van der Waals surface area contributed by atoms with Crippen LogP contribution in [0.25, 0.3) is 0 Å². The number of fused-ring (bicyclic) bond motifs is 1. The Bertz CT molecular complexity index is 678. The Labute approximate surface area is 154 Å². The lowest BCUT2D eigenvalue weighted by atomic mass is 9.72. The fourth-order valence-electron chi connectivity index (χ4n) is 3.66. The van der Waals surface area contributed by atoms with Crippen molar-refractivity contribution in [2.45, 2.75) is 40.0 Å². The van der Waals surface area contributed by atoms with E-state index in [1.807, 2.05) is 0 Å². The van der Waals surface area contributed by atoms with Gasteiger partial charge in [-0.15, -0.1) is 11.3 Å². The summed E-state index contributed by atoms with van der Waals surface area (Å²) in [6.45, 7) is 10.1. The largest absolute Gasteiger partial charge is 0.379 e. The van der Waals surface area contributed by atoms with Crippen LogP contribution in [0.4, 0.5) is 5.00 Å². The summed E-state index contributed by atoms with van der Waals surface area (Å²) in [4.78, 5) is 15.8. The number of morpholine rings is 1. The number of nitrogens with zero attached hydrogens (tertiary/aromatic N) is 2. The Hall–Kier alpha value is -1.42. The van der Waals surface area contributed by atoms with Crippen LogP contribution in [0.1, 0.15) is 43.2 Å². The molecule has 0 spiro atoms. The molecule has 1 aliphatic heterocycles. The number of nitrogens with one attached hydrogen (secondary N) is 1. The lowest BCUT2D eigenvalue weighted by Gasteiger charge is -2.33. The van der Waals surface area contributed by atoms with Crippen LogP contribution >= 0.6 is 11.3 Å². The Morgan fingerprint density at radius 3 is 2.76 bits per heavy atom. The summed E-state index contributed by atoms with van der Waals surface area (Å²) in [5, 5.41) is 13.3. The molecule has 1 saturated heterocycles. The molecule has 0 bridgehead atoms. The maximum atomic E-state index is 12.4. The predicted octanol–water partition coefficient (Wildman–Crippen LogP) is 3.04. The van der Waals surface area contributed by atoms with Crippen molar-refractivity contribution in [1.82, 2.24) is 4.90 Å². The molecule has 25 heavy (non-hydrogen) atoms. The normalized spacial score (nSPS) is 21.4. The molecule has 1 fully saturated rings. The van der Waals surface area contributed by atoms with Gasteiger partial charge in [-0.1, -0.05) is 20.8 Å². The topological polar surface area (TPSA) is 65.4 Å². The molecule has 1 aliphatic carbocycles. The summed E-state index contributed by atoms with van der Waals surface area (Å²) in [7, 11) is 0. The number of thiophene rings is 1. The van der Waals surface area contributed by atoms with Gasteiger partial charge in [-0.2, -0.15) is 5.26 Å². The fourth-order valence-corrected chi connectivity index (χ4v) is 4.95. The highest BCUT2D eigenvalue weighted by Crippen LogP contribution is 2.43. The van der Waals surface area contributed by atoms with E-state index in [9.17, 15) is 10.1 Å². The third-order valence-corrected chi connectivity index (χ3v) is 6.50. The van der Waals surface area contributed by atoms with Gasteiger partial charge in [0.15, 0.2) is 0 Å². The summed E-state index contributed by atoms with van der Waals surface area (Å²) in [5.74, 6) is 0.589. The van der Waals surface area contributed by atoms with E-state index in [1.54, 1.807) is 11.3 Å². The standard InChI is InChI=1S/C19H27N3O2S/c1-19(2,3)13-4-5-14-15(11-20)18(25-16(14)10-13)21-17(23)12-22-6-8-24-9-7-22/h13H,4-10,12H2,1-3H3,(H,21,23)/t13-/m1/s1. The Morgan fingerprint density at radius 1 is 1.40 bits per heavy atom. The first kappa shape index (κ1) is 18.4. The molecule has 0 unspecified atom stereocenters. The summed E-state index contributed by atoms with van der Waals surface area (Å²) >= 11 is 1.60. The van der Waals surface area contributed by atoms with Gasteiger partial charge in [-0.05, 0) is 36.2 Å². The van der Waals surface area contributed by atoms with Gasteiger partial charge in [-0.3, -0.25) is 9.69 Å². The molecule has 1 N–H and O–H groups in total. The molecule has 1 amide bonds. The van der Waals surface area contributed by atoms with E-state index in [4.69, 9.17) is 4.74 Å². The number of ether oxygens (including phenoxy) is 1. The van der Waals surface area contributed by atoms with Crippen molar-refractivity contribution in [2.75, 3.05) is 38.2 Å². The minimum atomic E-state index is -0.0376. The molecule has 6 heteroatoms. The number of anilines is 1. The van der Waals surface area contributed by atoms with E-state index in [1.165, 1.54) is 4.88 Å². The third kappa shape index (κ3) is 4.22. The zero-order valence-electron chi connectivity index (χ0n) is 15.4. The number of carbonyl (C=O) groups is 1. The fraction of sp³-hybridized carbons (Fsp3) is 0.684. The third-order valence-electron chi connectivity index (χ3n) is 5.33. The number of hydrogen-bond donors (Lipinski definition) is 1. The van der Waals surface area contributed by atoms with Gasteiger partial charge in [0.25, 0.3) is 0 Å². The van der Waals surface area contributed by atoms with Crippen molar-refractivity contribution in [3.8, 4) is 6.07 Å². The van der Waals surface area contributed by atoms with Gasteiger partial charge >= 0.3 is 0 Å². The van der Waals surface area contributed by atoms with Crippen LogP contribution in [-0.4, -0.2) is 43.7 Å². The van der Waals surface area contributed by atoms with E-state index in [0.717, 1.165) is 42.9 Å². The van der Waals surface area contributed by atoms with Crippen molar-refractivity contribution in [3.63, 3.8) is 0 Å². The van der Waals surface area contributed by atoms with Crippen LogP contribution in [0, 0.1) is 22.7 Å². The molecule has 136 valence electrons. The van der Waals surface area contributed by atoms with Gasteiger partial charge in [0.2, 0.25) is 5.91 Å². The number of carbonyl (C=O) groups excluding carboxylic acids is 1. The minimum Gasteiger partial charge on any atom is -0.379 e. The van der Waals surface area contributed by atoms with E-state index in [-0.39, 0.29) is 11.3 Å². The molecule has 0 radical (unpaired) electrons. The van der Waals surface area contributed by atoms with Crippen molar-refractivity contribution in [1.29, 1.82) is 5.26 Å². The van der Waals surface area contributed by atoms with Crippen LogP contribution in [0.5, 0.6) is 0 Å². The van der Waals surface area contributed by atoms with E-state index in [0.29, 0.717) is 31.2 Å². The molecule has 1 atom stereocenters. The summed E-state index contributed by atoms with van der Waals surface area (Å²) in [6.07, 6.45) is 3.07. The second-order valence-corrected chi connectivity index (χ2v) is 9.17. The van der Waals surface area contributed by atoms with Gasteiger partial charge < -0.3 is 10.1 Å². The van der Waals surface area contributed by atoms with Crippen molar-refractivity contribution in [3.05, 3.63) is 16.0 Å². The van der Waals surface area contributed by atoms with Crippen molar-refractivity contribution in [2.24, 2.45) is 11.3 Å². The first-order valence-electron chi connectivity index (χ1n) is 9.03. The highest BCUT2D eigenvalue weighted by Gasteiger charge is 2.32. The molecule has 1 aromatic rings. The van der Waals surface area contributed by atoms with Crippen LogP contribution in [0.3, 0.4) is 0 Å². The SMILES string of the molecule is CC(C)(C)[C@@H]1CCc2c(sc(NC(=O)CN3CCOCC3)c2C#N)C1. The molecule has 2 aliphatic rings. The second-order valence-electron chi connectivity index (χ2n) is 8.06. The Balaban J connectivity index is 1.71. The summed E-state index contributed by atoms with van der Waals surface area (Å²) in [6, 6.07) is 2.33. The monoisotopic (exact) mass is 361 g/mol. The maximum absolute atomic E-state index is 12.4. The lowest BCUT2D eigenvalue weighted by molar-refractivity contribution is -0.118. The van der Waals surface area contributed by atoms with Crippen LogP contribution in [-0.2, 0) is 22.4 Å². The smallest absolute Gasteiger partial charge is 0.239 e. The van der Waals surface area contributed by atoms with Crippen LogP contribution < -0.4 is 5.32 Å². The van der Waals surface area contributed by atoms with Crippen molar-refractivity contribution >= 4 is 22.2 Å². The zero-order valence-corrected chi connectivity index (χ0v) is 16.2. The van der Waals surface area contributed by atoms with E-state index < -0.39 is 0 Å². The number of hydrogen-bond acceptors (Lipinski definition) is 5. The first-order chi connectivity index (χ1) is 11.9. The molecule has 0 saturated carbocycles. The van der Waals surface area contributed by atoms with Gasteiger partial charge in [-0.25, -0.2) is 0 Å². The van der Waals surface area contributed by atoms with Gasteiger partial charge in [0.05, 0.1) is 25.3 Å². The first-order valence-corrected chi connectivity index (χ1v) is 9.84. The van der Waals surface area contributed by atoms with E-state index in [2.05, 4.69) is 37.1 Å². The summed E-state index contributed by atoms with van der Waals surface area (Å²) < 4.78 is 5.31. The lowest BCUT2D eigenvalue weighted by Crippen LogP contribution is -2.41. The molecular formula is C19H27N3O2S. The molecule has 1 aromatic heterocycles. The highest BCUT2D eigenvalue weighted by atomic mass is 32.1. The zero-order chi connectivity index (χ0) is 18.0. The second kappa shape index (κ2) is 7.45. The van der Waals surface area contributed by atoms with Crippen molar-refractivity contribution < 1.29 is 9.53 Å². The average molecular weight is 362 g/mol. The average Bonchev–Trinajstić information content (AvgIpc) is 2.90. The minimum absolute atomic E-state index is 0.0376.